The molecule has 1 N–H and O–H groups in total. The van der Waals surface area contributed by atoms with Crippen LogP contribution in [0.5, 0.6) is 0 Å². The minimum atomic E-state index is -0.0765. The van der Waals surface area contributed by atoms with Crippen LogP contribution in [0.15, 0.2) is 18.2 Å². The van der Waals surface area contributed by atoms with Crippen LogP contribution in [-0.2, 0) is 4.74 Å². The van der Waals surface area contributed by atoms with Gasteiger partial charge in [-0.05, 0) is 49.3 Å². The maximum Gasteiger partial charge on any atom is 0.271 e. The Labute approximate surface area is 122 Å². The Morgan fingerprint density at radius 3 is 3.25 bits per heavy atom. The number of amides is 1. The number of carbonyl (C=O) groups excluding carboxylic acids is 1. The van der Waals surface area contributed by atoms with Crippen molar-refractivity contribution in [1.82, 2.24) is 9.69 Å². The van der Waals surface area contributed by atoms with Crippen molar-refractivity contribution in [1.29, 1.82) is 0 Å². The number of benzene rings is 1. The van der Waals surface area contributed by atoms with Gasteiger partial charge in [0.25, 0.3) is 5.91 Å². The van der Waals surface area contributed by atoms with E-state index in [1.54, 1.807) is 0 Å². The summed E-state index contributed by atoms with van der Waals surface area (Å²) >= 11 is 1.38. The predicted molar refractivity (Wildman–Crippen MR) is 80.2 cm³/mol. The van der Waals surface area contributed by atoms with Crippen LogP contribution >= 0.6 is 11.5 Å². The predicted octanol–water partition coefficient (Wildman–Crippen LogP) is 2.76. The number of aromatic nitrogens is 1. The van der Waals surface area contributed by atoms with Crippen molar-refractivity contribution < 1.29 is 9.53 Å². The normalized spacial score (nSPS) is 19.1. The Bertz CT molecular complexity index is 617. The largest absolute Gasteiger partial charge is 0.381 e. The molecular weight excluding hydrogens is 272 g/mol. The zero-order chi connectivity index (χ0) is 13.9. The van der Waals surface area contributed by atoms with Gasteiger partial charge in [-0.2, -0.15) is 4.37 Å². The van der Waals surface area contributed by atoms with Crippen LogP contribution in [-0.4, -0.2) is 30.0 Å². The van der Waals surface area contributed by atoms with Gasteiger partial charge in [-0.15, -0.1) is 0 Å². The third-order valence-electron chi connectivity index (χ3n) is 3.65. The number of hydrogen-bond acceptors (Lipinski definition) is 4. The molecule has 1 fully saturated rings. The molecule has 2 heterocycles. The van der Waals surface area contributed by atoms with Crippen molar-refractivity contribution in [2.75, 3.05) is 19.8 Å². The first kappa shape index (κ1) is 13.5. The highest BCUT2D eigenvalue weighted by atomic mass is 32.1. The molecule has 0 aliphatic carbocycles. The van der Waals surface area contributed by atoms with Crippen molar-refractivity contribution in [2.45, 2.75) is 19.8 Å². The van der Waals surface area contributed by atoms with E-state index in [0.717, 1.165) is 41.7 Å². The van der Waals surface area contributed by atoms with E-state index in [2.05, 4.69) is 9.69 Å². The van der Waals surface area contributed by atoms with Gasteiger partial charge in [0.1, 0.15) is 5.69 Å². The van der Waals surface area contributed by atoms with E-state index in [4.69, 9.17) is 4.74 Å². The van der Waals surface area contributed by atoms with Gasteiger partial charge in [0.15, 0.2) is 0 Å². The van der Waals surface area contributed by atoms with E-state index in [-0.39, 0.29) is 5.91 Å². The summed E-state index contributed by atoms with van der Waals surface area (Å²) in [5.74, 6) is 0.353. The molecule has 2 aromatic rings. The molecule has 1 aromatic heterocycles. The summed E-state index contributed by atoms with van der Waals surface area (Å²) in [6, 6.07) is 6.09. The smallest absolute Gasteiger partial charge is 0.271 e. The SMILES string of the molecule is Cc1ccc2snc(C(=O)NC[C@H]3CCCOC3)c2c1. The van der Waals surface area contributed by atoms with E-state index in [1.165, 1.54) is 11.5 Å². The van der Waals surface area contributed by atoms with Crippen molar-refractivity contribution in [3.63, 3.8) is 0 Å². The standard InChI is InChI=1S/C15H18N2O2S/c1-10-4-5-13-12(7-10)14(17-20-13)15(18)16-8-11-3-2-6-19-9-11/h4-5,7,11H,2-3,6,8-9H2,1H3,(H,16,18)/t11-/m1/s1. The highest BCUT2D eigenvalue weighted by Gasteiger charge is 2.18. The van der Waals surface area contributed by atoms with Gasteiger partial charge >= 0.3 is 0 Å². The molecule has 20 heavy (non-hydrogen) atoms. The summed E-state index contributed by atoms with van der Waals surface area (Å²) in [5.41, 5.74) is 1.69. The van der Waals surface area contributed by atoms with Gasteiger partial charge < -0.3 is 10.1 Å². The first-order chi connectivity index (χ1) is 9.74. The lowest BCUT2D eigenvalue weighted by molar-refractivity contribution is 0.0536. The van der Waals surface area contributed by atoms with Crippen LogP contribution in [0.2, 0.25) is 0 Å². The number of carbonyl (C=O) groups is 1. The Kier molecular flexibility index (Phi) is 3.98. The second-order valence-electron chi connectivity index (χ2n) is 5.32. The van der Waals surface area contributed by atoms with Gasteiger partial charge in [0, 0.05) is 18.5 Å². The highest BCUT2D eigenvalue weighted by Crippen LogP contribution is 2.24. The Balaban J connectivity index is 1.70. The van der Waals surface area contributed by atoms with Crippen LogP contribution < -0.4 is 5.32 Å². The lowest BCUT2D eigenvalue weighted by atomic mass is 10.0. The molecule has 0 unspecified atom stereocenters. The van der Waals surface area contributed by atoms with E-state index < -0.39 is 0 Å². The molecule has 1 aliphatic heterocycles. The quantitative estimate of drug-likeness (QED) is 0.945. The number of hydrogen-bond donors (Lipinski definition) is 1. The first-order valence-corrected chi connectivity index (χ1v) is 7.73. The maximum absolute atomic E-state index is 12.3. The number of nitrogens with one attached hydrogen (secondary N) is 1. The molecule has 3 rings (SSSR count). The summed E-state index contributed by atoms with van der Waals surface area (Å²) in [6.45, 7) is 4.29. The molecule has 1 amide bonds. The van der Waals surface area contributed by atoms with Gasteiger partial charge in [-0.1, -0.05) is 11.6 Å². The number of rotatable bonds is 3. The van der Waals surface area contributed by atoms with E-state index in [1.807, 2.05) is 25.1 Å². The fourth-order valence-electron chi connectivity index (χ4n) is 2.51. The Morgan fingerprint density at radius 2 is 2.45 bits per heavy atom. The zero-order valence-corrected chi connectivity index (χ0v) is 12.3. The number of nitrogens with zero attached hydrogens (tertiary/aromatic N) is 1. The molecular formula is C15H18N2O2S. The van der Waals surface area contributed by atoms with Crippen molar-refractivity contribution >= 4 is 27.5 Å². The maximum atomic E-state index is 12.3. The molecule has 0 saturated carbocycles. The number of ether oxygens (including phenoxy) is 1. The molecule has 1 aromatic carbocycles. The molecule has 0 spiro atoms. The fraction of sp³-hybridized carbons (Fsp3) is 0.467. The highest BCUT2D eigenvalue weighted by molar-refractivity contribution is 7.13. The summed E-state index contributed by atoms with van der Waals surface area (Å²) in [7, 11) is 0. The van der Waals surface area contributed by atoms with Crippen molar-refractivity contribution in [3.05, 3.63) is 29.5 Å². The molecule has 4 nitrogen and oxygen atoms in total. The second-order valence-corrected chi connectivity index (χ2v) is 6.13. The molecule has 1 atom stereocenters. The van der Waals surface area contributed by atoms with Crippen LogP contribution in [0, 0.1) is 12.8 Å². The van der Waals surface area contributed by atoms with Gasteiger partial charge in [0.2, 0.25) is 0 Å². The third-order valence-corrected chi connectivity index (χ3v) is 4.47. The molecule has 106 valence electrons. The van der Waals surface area contributed by atoms with Gasteiger partial charge in [0.05, 0.1) is 11.3 Å². The van der Waals surface area contributed by atoms with E-state index in [9.17, 15) is 4.79 Å². The summed E-state index contributed by atoms with van der Waals surface area (Å²) in [5, 5.41) is 3.94. The lowest BCUT2D eigenvalue weighted by Gasteiger charge is -2.21. The summed E-state index contributed by atoms with van der Waals surface area (Å²) < 4.78 is 10.8. The summed E-state index contributed by atoms with van der Waals surface area (Å²) in [6.07, 6.45) is 2.20. The van der Waals surface area contributed by atoms with Gasteiger partial charge in [-0.3, -0.25) is 4.79 Å². The first-order valence-electron chi connectivity index (χ1n) is 6.96. The average molecular weight is 290 g/mol. The minimum absolute atomic E-state index is 0.0765. The van der Waals surface area contributed by atoms with Crippen LogP contribution in [0.4, 0.5) is 0 Å². The van der Waals surface area contributed by atoms with Gasteiger partial charge in [-0.25, -0.2) is 0 Å². The topological polar surface area (TPSA) is 51.2 Å². The minimum Gasteiger partial charge on any atom is -0.381 e. The third kappa shape index (κ3) is 2.83. The molecule has 1 aliphatic rings. The Morgan fingerprint density at radius 1 is 1.55 bits per heavy atom. The van der Waals surface area contributed by atoms with Crippen molar-refractivity contribution in [2.24, 2.45) is 5.92 Å². The lowest BCUT2D eigenvalue weighted by Crippen LogP contribution is -2.33. The number of aryl methyl sites for hydroxylation is 1. The van der Waals surface area contributed by atoms with Crippen molar-refractivity contribution in [3.8, 4) is 0 Å². The fourth-order valence-corrected chi connectivity index (χ4v) is 3.26. The monoisotopic (exact) mass is 290 g/mol. The van der Waals surface area contributed by atoms with Crippen LogP contribution in [0.1, 0.15) is 28.9 Å². The average Bonchev–Trinajstić information content (AvgIpc) is 2.89. The molecule has 1 saturated heterocycles. The Hall–Kier alpha value is -1.46. The molecule has 0 bridgehead atoms. The zero-order valence-electron chi connectivity index (χ0n) is 11.5. The second kappa shape index (κ2) is 5.89. The van der Waals surface area contributed by atoms with E-state index in [0.29, 0.717) is 18.2 Å². The van der Waals surface area contributed by atoms with Crippen LogP contribution in [0.25, 0.3) is 10.1 Å². The summed E-state index contributed by atoms with van der Waals surface area (Å²) in [4.78, 5) is 12.3. The van der Waals surface area contributed by atoms with Crippen LogP contribution in [0.3, 0.4) is 0 Å². The molecule has 5 heteroatoms. The van der Waals surface area contributed by atoms with E-state index >= 15 is 0 Å². The molecule has 0 radical (unpaired) electrons. The number of fused-ring (bicyclic) bond motifs is 1.